The van der Waals surface area contributed by atoms with E-state index in [4.69, 9.17) is 19.3 Å². The molecule has 3 aromatic heterocycles. The minimum atomic E-state index is -0.373. The lowest BCUT2D eigenvalue weighted by atomic mass is 9.69. The average Bonchev–Trinajstić information content (AvgIpc) is 3.27. The highest BCUT2D eigenvalue weighted by atomic mass is 16.6. The molecule has 0 N–H and O–H groups in total. The van der Waals surface area contributed by atoms with Crippen LogP contribution in [0.2, 0.25) is 0 Å². The molecule has 6 heteroatoms. The van der Waals surface area contributed by atoms with E-state index in [1.54, 1.807) is 0 Å². The first-order chi connectivity index (χ1) is 16.8. The fraction of sp³-hybridized carbons (Fsp3) is 0.310. The molecule has 0 radical (unpaired) electrons. The largest absolute Gasteiger partial charge is 0.494 e. The quantitative estimate of drug-likeness (QED) is 0.288. The summed E-state index contributed by atoms with van der Waals surface area (Å²) in [6.07, 6.45) is 2.05. The zero-order valence-corrected chi connectivity index (χ0v) is 21.4. The Bertz CT molecular complexity index is 1510. The number of fused-ring (bicyclic) bond motifs is 5. The van der Waals surface area contributed by atoms with Crippen LogP contribution in [0.15, 0.2) is 72.9 Å². The number of aromatic nitrogens is 3. The number of para-hydroxylation sites is 1. The third-order valence-corrected chi connectivity index (χ3v) is 7.23. The highest BCUT2D eigenvalue weighted by molar-refractivity contribution is 6.61. The van der Waals surface area contributed by atoms with Gasteiger partial charge < -0.3 is 9.31 Å². The molecule has 5 aromatic rings. The third kappa shape index (κ3) is 3.91. The van der Waals surface area contributed by atoms with E-state index in [0.717, 1.165) is 44.3 Å². The van der Waals surface area contributed by atoms with Crippen LogP contribution in [0, 0.1) is 5.41 Å². The maximum absolute atomic E-state index is 6.34. The Kier molecular flexibility index (Phi) is 5.90. The van der Waals surface area contributed by atoms with E-state index in [1.807, 2.05) is 56.4 Å². The minimum Gasteiger partial charge on any atom is -0.407 e. The van der Waals surface area contributed by atoms with Gasteiger partial charge in [-0.05, 0) is 37.5 Å². The normalized spacial score (nSPS) is 16.9. The van der Waals surface area contributed by atoms with Crippen LogP contribution < -0.4 is 5.46 Å². The predicted octanol–water partition coefficient (Wildman–Crippen LogP) is 6.28. The lowest BCUT2D eigenvalue weighted by Gasteiger charge is -2.47. The summed E-state index contributed by atoms with van der Waals surface area (Å²) in [5.41, 5.74) is 6.48. The summed E-state index contributed by atoms with van der Waals surface area (Å²) < 4.78 is 14.5. The first kappa shape index (κ1) is 23.5. The van der Waals surface area contributed by atoms with Crippen molar-refractivity contribution in [1.29, 1.82) is 0 Å². The summed E-state index contributed by atoms with van der Waals surface area (Å²) in [6.45, 7) is 13.3. The molecule has 4 heterocycles. The van der Waals surface area contributed by atoms with Gasteiger partial charge in [0.1, 0.15) is 11.2 Å². The predicted molar refractivity (Wildman–Crippen MR) is 145 cm³/mol. The minimum absolute atomic E-state index is 0.0485. The molecule has 0 unspecified atom stereocenters. The average molecular weight is 465 g/mol. The number of hydrogen-bond acceptors (Lipinski definition) is 4. The van der Waals surface area contributed by atoms with Crippen LogP contribution in [0.3, 0.4) is 0 Å². The Morgan fingerprint density at radius 1 is 0.857 bits per heavy atom. The summed E-state index contributed by atoms with van der Waals surface area (Å²) in [6, 6.07) is 22.6. The molecule has 35 heavy (non-hydrogen) atoms. The van der Waals surface area contributed by atoms with Crippen molar-refractivity contribution in [3.8, 4) is 11.3 Å². The second-order valence-electron chi connectivity index (χ2n) is 9.99. The van der Waals surface area contributed by atoms with Crippen molar-refractivity contribution in [1.82, 2.24) is 14.4 Å². The van der Waals surface area contributed by atoms with Gasteiger partial charge in [0.15, 0.2) is 0 Å². The lowest BCUT2D eigenvalue weighted by molar-refractivity contribution is -0.0937. The van der Waals surface area contributed by atoms with Crippen LogP contribution in [-0.4, -0.2) is 33.7 Å². The van der Waals surface area contributed by atoms with Gasteiger partial charge in [-0.2, -0.15) is 0 Å². The van der Waals surface area contributed by atoms with Crippen LogP contribution in [0.1, 0.15) is 41.5 Å². The Balaban J connectivity index is 0.00000124. The fourth-order valence-corrected chi connectivity index (χ4v) is 4.44. The highest BCUT2D eigenvalue weighted by Gasteiger charge is 2.46. The zero-order valence-electron chi connectivity index (χ0n) is 21.4. The van der Waals surface area contributed by atoms with Gasteiger partial charge in [-0.3, -0.25) is 4.40 Å². The van der Waals surface area contributed by atoms with Gasteiger partial charge in [-0.1, -0.05) is 76.2 Å². The molecule has 0 amide bonds. The molecule has 1 saturated heterocycles. The second-order valence-corrected chi connectivity index (χ2v) is 9.99. The molecule has 6 rings (SSSR count). The lowest BCUT2D eigenvalue weighted by Crippen LogP contribution is -2.58. The van der Waals surface area contributed by atoms with E-state index >= 15 is 0 Å². The number of nitrogens with zero attached hydrogens (tertiary/aromatic N) is 3. The summed E-state index contributed by atoms with van der Waals surface area (Å²) in [4.78, 5) is 9.99. The van der Waals surface area contributed by atoms with E-state index in [1.165, 1.54) is 0 Å². The van der Waals surface area contributed by atoms with Crippen molar-refractivity contribution >= 4 is 40.2 Å². The summed E-state index contributed by atoms with van der Waals surface area (Å²) in [5, 5.41) is 1.06. The molecule has 0 spiro atoms. The summed E-state index contributed by atoms with van der Waals surface area (Å²) in [7, 11) is -0.373. The van der Waals surface area contributed by atoms with Gasteiger partial charge in [0.2, 0.25) is 0 Å². The molecule has 0 atom stereocenters. The SMILES string of the molecule is CC.CC1(C)COB(c2ccc(-c3nc4ccccc4c4nc5ccccn5c34)cc2)OC1(C)C. The fourth-order valence-electron chi connectivity index (χ4n) is 4.44. The van der Waals surface area contributed by atoms with Crippen molar-refractivity contribution in [3.05, 3.63) is 72.9 Å². The standard InChI is InChI=1S/C27H26BN3O2.C2H6/c1-26(2)17-32-28(33-27(26,3)4)19-14-12-18(13-15-19)23-25-24(20-9-5-6-10-21(20)29-23)30-22-11-7-8-16-31(22)25;1-2/h5-16H,17H2,1-4H3;1-2H3. The maximum atomic E-state index is 6.34. The highest BCUT2D eigenvalue weighted by Crippen LogP contribution is 2.38. The molecular weight excluding hydrogens is 433 g/mol. The van der Waals surface area contributed by atoms with Crippen LogP contribution in [0.5, 0.6) is 0 Å². The zero-order chi connectivity index (χ0) is 24.8. The molecule has 178 valence electrons. The van der Waals surface area contributed by atoms with Crippen LogP contribution in [0.4, 0.5) is 0 Å². The summed E-state index contributed by atoms with van der Waals surface area (Å²) in [5.74, 6) is 0. The van der Waals surface area contributed by atoms with Crippen LogP contribution in [0.25, 0.3) is 38.8 Å². The van der Waals surface area contributed by atoms with Gasteiger partial charge in [0, 0.05) is 29.2 Å². The molecule has 1 fully saturated rings. The molecule has 2 aromatic carbocycles. The molecule has 5 nitrogen and oxygen atoms in total. The number of hydrogen-bond donors (Lipinski definition) is 0. The summed E-state index contributed by atoms with van der Waals surface area (Å²) >= 11 is 0. The number of rotatable bonds is 2. The van der Waals surface area contributed by atoms with Crippen LogP contribution >= 0.6 is 0 Å². The molecule has 0 saturated carbocycles. The molecule has 0 aliphatic carbocycles. The topological polar surface area (TPSA) is 48.7 Å². The van der Waals surface area contributed by atoms with E-state index in [9.17, 15) is 0 Å². The van der Waals surface area contributed by atoms with Gasteiger partial charge >= 0.3 is 7.12 Å². The number of imidazole rings is 1. The van der Waals surface area contributed by atoms with Crippen LogP contribution in [-0.2, 0) is 9.31 Å². The maximum Gasteiger partial charge on any atom is 0.494 e. The first-order valence-corrected chi connectivity index (χ1v) is 12.4. The van der Waals surface area contributed by atoms with Crippen molar-refractivity contribution in [3.63, 3.8) is 0 Å². The van der Waals surface area contributed by atoms with Crippen molar-refractivity contribution in [2.75, 3.05) is 6.61 Å². The number of pyridine rings is 2. The van der Waals surface area contributed by atoms with Gasteiger partial charge in [-0.25, -0.2) is 9.97 Å². The van der Waals surface area contributed by atoms with Crippen molar-refractivity contribution < 1.29 is 9.31 Å². The molecule has 1 aliphatic rings. The van der Waals surface area contributed by atoms with Gasteiger partial charge in [0.25, 0.3) is 0 Å². The smallest absolute Gasteiger partial charge is 0.407 e. The second kappa shape index (κ2) is 8.78. The Labute approximate surface area is 207 Å². The molecule has 0 bridgehead atoms. The van der Waals surface area contributed by atoms with Crippen molar-refractivity contribution in [2.45, 2.75) is 47.1 Å². The third-order valence-electron chi connectivity index (χ3n) is 7.23. The Morgan fingerprint density at radius 2 is 1.57 bits per heavy atom. The van der Waals surface area contributed by atoms with E-state index in [2.05, 4.69) is 62.4 Å². The monoisotopic (exact) mass is 465 g/mol. The Morgan fingerprint density at radius 3 is 2.31 bits per heavy atom. The van der Waals surface area contributed by atoms with E-state index in [-0.39, 0.29) is 18.1 Å². The van der Waals surface area contributed by atoms with E-state index < -0.39 is 0 Å². The Hall–Kier alpha value is -3.22. The molecule has 1 aliphatic heterocycles. The van der Waals surface area contributed by atoms with Crippen molar-refractivity contribution in [2.24, 2.45) is 5.41 Å². The molecular formula is C29H32BN3O2. The van der Waals surface area contributed by atoms with E-state index in [0.29, 0.717) is 6.61 Å². The number of benzene rings is 2. The first-order valence-electron chi connectivity index (χ1n) is 12.4. The van der Waals surface area contributed by atoms with Gasteiger partial charge in [-0.15, -0.1) is 0 Å². The van der Waals surface area contributed by atoms with Gasteiger partial charge in [0.05, 0.1) is 22.3 Å².